The molecule has 0 fully saturated rings. The van der Waals surface area contributed by atoms with Crippen molar-refractivity contribution in [2.24, 2.45) is 11.5 Å². The second kappa shape index (κ2) is 7.46. The monoisotopic (exact) mass is 356 g/mol. The molecule has 0 unspecified atom stereocenters. The zero-order valence-electron chi connectivity index (χ0n) is 19.3. The van der Waals surface area contributed by atoms with Crippen LogP contribution in [0.3, 0.4) is 0 Å². The largest absolute Gasteiger partial charge is 0.325 e. The summed E-state index contributed by atoms with van der Waals surface area (Å²) in [5, 5.41) is 7.67. The lowest BCUT2D eigenvalue weighted by Gasteiger charge is -2.46. The molecule has 0 aliphatic heterocycles. The number of rotatable bonds is 10. The molecule has 4 nitrogen and oxygen atoms in total. The fourth-order valence-corrected chi connectivity index (χ4v) is 5.39. The van der Waals surface area contributed by atoms with Gasteiger partial charge in [0.1, 0.15) is 0 Å². The van der Waals surface area contributed by atoms with Crippen molar-refractivity contribution in [2.45, 2.75) is 136 Å². The maximum Gasteiger partial charge on any atom is 0.0147 e. The van der Waals surface area contributed by atoms with Gasteiger partial charge < -0.3 is 22.1 Å². The summed E-state index contributed by atoms with van der Waals surface area (Å²) in [6.45, 7) is 26.4. The SMILES string of the molecule is CC(C)(N)CC(C)(C)NC(C)(C)CC(C)(C)NC(C)(C)CC(C)(C)N. The van der Waals surface area contributed by atoms with E-state index in [0.717, 1.165) is 19.3 Å². The highest BCUT2D eigenvalue weighted by atomic mass is 15.1. The van der Waals surface area contributed by atoms with Crippen LogP contribution in [0.4, 0.5) is 0 Å². The van der Waals surface area contributed by atoms with Gasteiger partial charge in [0.15, 0.2) is 0 Å². The van der Waals surface area contributed by atoms with E-state index >= 15 is 0 Å². The Kier molecular flexibility index (Phi) is 7.41. The number of nitrogens with one attached hydrogen (secondary N) is 2. The molecule has 0 heterocycles. The van der Waals surface area contributed by atoms with E-state index in [1.807, 2.05) is 0 Å². The molecule has 0 saturated carbocycles. The van der Waals surface area contributed by atoms with Gasteiger partial charge in [-0.15, -0.1) is 0 Å². The van der Waals surface area contributed by atoms with Crippen LogP contribution in [0.2, 0.25) is 0 Å². The molecule has 0 aliphatic rings. The highest BCUT2D eigenvalue weighted by molar-refractivity contribution is 5.00. The Morgan fingerprint density at radius 2 is 0.640 bits per heavy atom. The molecule has 25 heavy (non-hydrogen) atoms. The number of hydrogen-bond donors (Lipinski definition) is 4. The van der Waals surface area contributed by atoms with Crippen LogP contribution >= 0.6 is 0 Å². The molecule has 0 rings (SSSR count). The van der Waals surface area contributed by atoms with Crippen LogP contribution in [-0.2, 0) is 0 Å². The Morgan fingerprint density at radius 1 is 0.440 bits per heavy atom. The van der Waals surface area contributed by atoms with Crippen LogP contribution in [0.15, 0.2) is 0 Å². The van der Waals surface area contributed by atoms with Crippen molar-refractivity contribution in [3.8, 4) is 0 Å². The summed E-state index contributed by atoms with van der Waals surface area (Å²) in [6, 6.07) is 0. The zero-order chi connectivity index (χ0) is 20.5. The minimum atomic E-state index is -0.185. The van der Waals surface area contributed by atoms with Crippen molar-refractivity contribution in [1.29, 1.82) is 0 Å². The van der Waals surface area contributed by atoms with E-state index in [4.69, 9.17) is 11.5 Å². The molecule has 0 atom stereocenters. The van der Waals surface area contributed by atoms with E-state index in [-0.39, 0.29) is 33.2 Å². The Morgan fingerprint density at radius 3 is 0.840 bits per heavy atom. The van der Waals surface area contributed by atoms with E-state index in [1.54, 1.807) is 0 Å². The van der Waals surface area contributed by atoms with Gasteiger partial charge in [-0.1, -0.05) is 0 Å². The van der Waals surface area contributed by atoms with E-state index in [2.05, 4.69) is 93.7 Å². The van der Waals surface area contributed by atoms with Gasteiger partial charge >= 0.3 is 0 Å². The molecule has 4 heteroatoms. The normalized spacial score (nSPS) is 15.6. The highest BCUT2D eigenvalue weighted by Gasteiger charge is 2.38. The quantitative estimate of drug-likeness (QED) is 0.478. The highest BCUT2D eigenvalue weighted by Crippen LogP contribution is 2.29. The lowest BCUT2D eigenvalue weighted by atomic mass is 9.79. The smallest absolute Gasteiger partial charge is 0.0147 e. The zero-order valence-corrected chi connectivity index (χ0v) is 19.3. The lowest BCUT2D eigenvalue weighted by Crippen LogP contribution is -2.62. The summed E-state index contributed by atoms with van der Waals surface area (Å²) >= 11 is 0. The third-order valence-corrected chi connectivity index (χ3v) is 4.03. The van der Waals surface area contributed by atoms with Crippen molar-refractivity contribution < 1.29 is 0 Å². The predicted molar refractivity (Wildman–Crippen MR) is 113 cm³/mol. The molecule has 0 bridgehead atoms. The summed E-state index contributed by atoms with van der Waals surface area (Å²) < 4.78 is 0. The molecule has 152 valence electrons. The summed E-state index contributed by atoms with van der Waals surface area (Å²) in [7, 11) is 0. The Balaban J connectivity index is 5.01. The van der Waals surface area contributed by atoms with Crippen molar-refractivity contribution in [3.63, 3.8) is 0 Å². The van der Waals surface area contributed by atoms with E-state index < -0.39 is 0 Å². The standard InChI is InChI=1S/C21H48N4/c1-16(2,22)13-18(5,6)24-20(9,10)15-21(11,12)25-19(7,8)14-17(3,4)23/h24-25H,13-15,22-23H2,1-12H3. The Bertz CT molecular complexity index is 380. The second-order valence-electron chi connectivity index (χ2n) is 12.3. The number of hydrogen-bond acceptors (Lipinski definition) is 4. The van der Waals surface area contributed by atoms with Crippen molar-refractivity contribution in [3.05, 3.63) is 0 Å². The molecule has 0 aromatic carbocycles. The fraction of sp³-hybridized carbons (Fsp3) is 1.00. The fourth-order valence-electron chi connectivity index (χ4n) is 5.39. The van der Waals surface area contributed by atoms with Crippen molar-refractivity contribution in [1.82, 2.24) is 10.6 Å². The summed E-state index contributed by atoms with van der Waals surface area (Å²) in [4.78, 5) is 0. The van der Waals surface area contributed by atoms with Crippen LogP contribution in [0, 0.1) is 0 Å². The van der Waals surface area contributed by atoms with Crippen molar-refractivity contribution >= 4 is 0 Å². The molecule has 0 radical (unpaired) electrons. The molecule has 0 spiro atoms. The molecular formula is C21H48N4. The first-order valence-electron chi connectivity index (χ1n) is 9.70. The minimum Gasteiger partial charge on any atom is -0.325 e. The molecule has 0 aromatic heterocycles. The lowest BCUT2D eigenvalue weighted by molar-refractivity contribution is 0.147. The van der Waals surface area contributed by atoms with Gasteiger partial charge in [-0.25, -0.2) is 0 Å². The third-order valence-electron chi connectivity index (χ3n) is 4.03. The predicted octanol–water partition coefficient (Wildman–Crippen LogP) is 3.92. The van der Waals surface area contributed by atoms with E-state index in [1.165, 1.54) is 0 Å². The van der Waals surface area contributed by atoms with Crippen LogP contribution < -0.4 is 22.1 Å². The van der Waals surface area contributed by atoms with Crippen LogP contribution in [-0.4, -0.2) is 33.2 Å². The van der Waals surface area contributed by atoms with E-state index in [9.17, 15) is 0 Å². The van der Waals surface area contributed by atoms with Gasteiger partial charge in [0.05, 0.1) is 0 Å². The maximum atomic E-state index is 6.25. The molecule has 0 amide bonds. The van der Waals surface area contributed by atoms with Gasteiger partial charge in [0.25, 0.3) is 0 Å². The summed E-state index contributed by atoms with van der Waals surface area (Å²) in [5.74, 6) is 0. The molecule has 0 aliphatic carbocycles. The van der Waals surface area contributed by atoms with Gasteiger partial charge in [-0.3, -0.25) is 0 Å². The Hall–Kier alpha value is -0.160. The second-order valence-corrected chi connectivity index (χ2v) is 12.3. The maximum absolute atomic E-state index is 6.25. The van der Waals surface area contributed by atoms with Gasteiger partial charge in [0, 0.05) is 33.2 Å². The van der Waals surface area contributed by atoms with Gasteiger partial charge in [-0.2, -0.15) is 0 Å². The first-order chi connectivity index (χ1) is 10.5. The van der Waals surface area contributed by atoms with Gasteiger partial charge in [-0.05, 0) is 102 Å². The summed E-state index contributed by atoms with van der Waals surface area (Å²) in [6.07, 6.45) is 2.84. The van der Waals surface area contributed by atoms with Crippen LogP contribution in [0.1, 0.15) is 102 Å². The average Bonchev–Trinajstić information content (AvgIpc) is 1.97. The average molecular weight is 357 g/mol. The van der Waals surface area contributed by atoms with Crippen LogP contribution in [0.25, 0.3) is 0 Å². The summed E-state index contributed by atoms with van der Waals surface area (Å²) in [5.41, 5.74) is 12.0. The van der Waals surface area contributed by atoms with Gasteiger partial charge in [0.2, 0.25) is 0 Å². The Labute approximate surface area is 158 Å². The molecule has 0 aromatic rings. The minimum absolute atomic E-state index is 0.0143. The molecule has 0 saturated heterocycles. The molecule has 6 N–H and O–H groups in total. The van der Waals surface area contributed by atoms with Crippen LogP contribution in [0.5, 0.6) is 0 Å². The van der Waals surface area contributed by atoms with Crippen molar-refractivity contribution in [2.75, 3.05) is 0 Å². The number of nitrogens with two attached hydrogens (primary N) is 2. The first kappa shape index (κ1) is 24.8. The van der Waals surface area contributed by atoms with E-state index in [0.29, 0.717) is 0 Å². The molecular weight excluding hydrogens is 308 g/mol. The third kappa shape index (κ3) is 12.8. The first-order valence-corrected chi connectivity index (χ1v) is 9.70. The topological polar surface area (TPSA) is 76.1 Å².